The smallest absolute Gasteiger partial charge is 0.326 e. The molecule has 1 saturated heterocycles. The number of carbonyl (C=O) groups is 3. The molecule has 14 nitrogen and oxygen atoms in total. The van der Waals surface area contributed by atoms with Gasteiger partial charge >= 0.3 is 5.97 Å². The molecule has 1 aliphatic rings. The number of aliphatic carboxylic acids is 1. The third-order valence-corrected chi connectivity index (χ3v) is 9.71. The van der Waals surface area contributed by atoms with Crippen molar-refractivity contribution in [2.75, 3.05) is 11.9 Å². The van der Waals surface area contributed by atoms with E-state index in [1.807, 2.05) is 6.07 Å². The molecule has 0 saturated carbocycles. The number of amides is 2. The van der Waals surface area contributed by atoms with Crippen LogP contribution in [0.2, 0.25) is 10.0 Å². The Kier molecular flexibility index (Phi) is 9.63. The molecule has 5 rings (SSSR count). The molecule has 17 heteroatoms. The van der Waals surface area contributed by atoms with E-state index >= 15 is 0 Å². The standard InChI is InChI=1S/C29H24Cl2N8O6S/c30-22-12-33-13-23(31)26(22)28(41)36-19-6-4-17(5-7-19)9-24(29(42)43)37-27(40)25-10-20(38-16-34-15-35-38)14-39(25)46(44,45)21-3-1-2-18(8-21)11-32/h1-8,12-13,15-16,20,24-25H,9-10,14H2,(H,36,41)(H,37,40)(H,42,43)/t20-,24+,25+/m1/s1. The van der Waals surface area contributed by atoms with Crippen LogP contribution in [0.25, 0.3) is 0 Å². The Morgan fingerprint density at radius 1 is 1.09 bits per heavy atom. The highest BCUT2D eigenvalue weighted by molar-refractivity contribution is 7.89. The van der Waals surface area contributed by atoms with Gasteiger partial charge in [0.1, 0.15) is 24.7 Å². The van der Waals surface area contributed by atoms with E-state index in [0.29, 0.717) is 11.3 Å². The molecule has 3 heterocycles. The first kappa shape index (κ1) is 32.5. The van der Waals surface area contributed by atoms with Gasteiger partial charge in [-0.25, -0.2) is 22.9 Å². The number of halogens is 2. The highest BCUT2D eigenvalue weighted by Crippen LogP contribution is 2.33. The van der Waals surface area contributed by atoms with E-state index in [4.69, 9.17) is 23.2 Å². The Balaban J connectivity index is 1.32. The van der Waals surface area contributed by atoms with Crippen LogP contribution in [0.5, 0.6) is 0 Å². The van der Waals surface area contributed by atoms with Crippen LogP contribution in [0.15, 0.2) is 78.5 Å². The fraction of sp³-hybridized carbons (Fsp3) is 0.207. The van der Waals surface area contributed by atoms with Crippen molar-refractivity contribution in [2.45, 2.75) is 35.9 Å². The van der Waals surface area contributed by atoms with Gasteiger partial charge in [-0.1, -0.05) is 41.4 Å². The molecule has 2 amide bonds. The summed E-state index contributed by atoms with van der Waals surface area (Å²) in [5.74, 6) is -2.72. The number of anilines is 1. The van der Waals surface area contributed by atoms with Crippen LogP contribution in [-0.4, -0.2) is 74.0 Å². The normalized spacial score (nSPS) is 17.2. The molecule has 0 spiro atoms. The first-order valence-electron chi connectivity index (χ1n) is 13.6. The lowest BCUT2D eigenvalue weighted by Crippen LogP contribution is -2.51. The molecule has 236 valence electrons. The Hall–Kier alpha value is -4.88. The van der Waals surface area contributed by atoms with Crippen molar-refractivity contribution < 1.29 is 27.9 Å². The molecular formula is C29H24Cl2N8O6S. The van der Waals surface area contributed by atoms with Crippen molar-refractivity contribution in [3.05, 3.63) is 100 Å². The van der Waals surface area contributed by atoms with Gasteiger partial charge in [0, 0.05) is 31.0 Å². The highest BCUT2D eigenvalue weighted by Gasteiger charge is 2.45. The zero-order valence-electron chi connectivity index (χ0n) is 23.6. The van der Waals surface area contributed by atoms with E-state index < -0.39 is 45.9 Å². The zero-order chi connectivity index (χ0) is 33.0. The van der Waals surface area contributed by atoms with Crippen LogP contribution < -0.4 is 10.6 Å². The second kappa shape index (κ2) is 13.6. The van der Waals surface area contributed by atoms with E-state index in [1.54, 1.807) is 24.3 Å². The van der Waals surface area contributed by atoms with Crippen LogP contribution in [0.1, 0.15) is 33.9 Å². The number of carboxylic acid groups (broad SMARTS) is 1. The Labute approximate surface area is 272 Å². The number of benzene rings is 2. The SMILES string of the molecule is N#Cc1cccc(S(=O)(=O)N2C[C@H](n3cncn3)C[C@H]2C(=O)N[C@@H](Cc2ccc(NC(=O)c3c(Cl)cncc3Cl)cc2)C(=O)O)c1. The Bertz CT molecular complexity index is 1910. The molecule has 0 aliphatic carbocycles. The van der Waals surface area contributed by atoms with Gasteiger partial charge in [-0.2, -0.15) is 14.7 Å². The van der Waals surface area contributed by atoms with Crippen molar-refractivity contribution in [2.24, 2.45) is 0 Å². The topological polar surface area (TPSA) is 200 Å². The molecule has 1 fully saturated rings. The van der Waals surface area contributed by atoms with Crippen molar-refractivity contribution in [1.82, 2.24) is 29.4 Å². The van der Waals surface area contributed by atoms with E-state index in [0.717, 1.165) is 4.31 Å². The highest BCUT2D eigenvalue weighted by atomic mass is 35.5. The molecule has 0 bridgehead atoms. The number of hydrogen-bond acceptors (Lipinski definition) is 9. The number of hydrogen-bond donors (Lipinski definition) is 3. The molecule has 2 aromatic heterocycles. The molecule has 3 N–H and O–H groups in total. The molecule has 4 aromatic rings. The predicted octanol–water partition coefficient (Wildman–Crippen LogP) is 2.92. The lowest BCUT2D eigenvalue weighted by molar-refractivity contribution is -0.142. The summed E-state index contributed by atoms with van der Waals surface area (Å²) in [5.41, 5.74) is 1.05. The summed E-state index contributed by atoms with van der Waals surface area (Å²) >= 11 is 12.1. The van der Waals surface area contributed by atoms with Crippen molar-refractivity contribution in [1.29, 1.82) is 5.26 Å². The van der Waals surface area contributed by atoms with E-state index in [9.17, 15) is 33.2 Å². The summed E-state index contributed by atoms with van der Waals surface area (Å²) in [6.07, 6.45) is 5.10. The number of sulfonamides is 1. The van der Waals surface area contributed by atoms with Gasteiger partial charge < -0.3 is 15.7 Å². The van der Waals surface area contributed by atoms with Gasteiger partial charge in [0.25, 0.3) is 5.91 Å². The van der Waals surface area contributed by atoms with Crippen LogP contribution in [0.4, 0.5) is 5.69 Å². The van der Waals surface area contributed by atoms with Crippen molar-refractivity contribution in [3.63, 3.8) is 0 Å². The number of pyridine rings is 1. The lowest BCUT2D eigenvalue weighted by Gasteiger charge is -2.25. The number of nitriles is 1. The van der Waals surface area contributed by atoms with Crippen molar-refractivity contribution in [3.8, 4) is 6.07 Å². The van der Waals surface area contributed by atoms with Gasteiger partial charge in [0.2, 0.25) is 15.9 Å². The lowest BCUT2D eigenvalue weighted by atomic mass is 10.0. The summed E-state index contributed by atoms with van der Waals surface area (Å²) in [4.78, 5) is 46.0. The third-order valence-electron chi connectivity index (χ3n) is 7.26. The number of nitrogens with zero attached hydrogens (tertiary/aromatic N) is 6. The van der Waals surface area contributed by atoms with Gasteiger partial charge in [0.05, 0.1) is 38.2 Å². The van der Waals surface area contributed by atoms with E-state index in [-0.39, 0.29) is 45.5 Å². The second-order valence-corrected chi connectivity index (χ2v) is 12.9. The summed E-state index contributed by atoms with van der Waals surface area (Å²) in [6.45, 7) is -0.138. The quantitative estimate of drug-likeness (QED) is 0.223. The number of nitrogens with one attached hydrogen (secondary N) is 2. The molecular weight excluding hydrogens is 659 g/mol. The van der Waals surface area contributed by atoms with E-state index in [1.165, 1.54) is 54.0 Å². The first-order chi connectivity index (χ1) is 22.0. The number of aromatic nitrogens is 4. The molecule has 0 radical (unpaired) electrons. The maximum Gasteiger partial charge on any atom is 0.326 e. The minimum Gasteiger partial charge on any atom is -0.480 e. The fourth-order valence-electron chi connectivity index (χ4n) is 5.00. The molecule has 46 heavy (non-hydrogen) atoms. The largest absolute Gasteiger partial charge is 0.480 e. The minimum atomic E-state index is -4.29. The van der Waals surface area contributed by atoms with Gasteiger partial charge in [-0.05, 0) is 42.3 Å². The van der Waals surface area contributed by atoms with Gasteiger partial charge in [-0.3, -0.25) is 14.6 Å². The van der Waals surface area contributed by atoms with Crippen molar-refractivity contribution >= 4 is 56.7 Å². The van der Waals surface area contributed by atoms with Gasteiger partial charge in [-0.15, -0.1) is 0 Å². The maximum absolute atomic E-state index is 13.7. The first-order valence-corrected chi connectivity index (χ1v) is 15.8. The fourth-order valence-corrected chi connectivity index (χ4v) is 7.22. The molecule has 1 aliphatic heterocycles. The average Bonchev–Trinajstić information content (AvgIpc) is 3.73. The average molecular weight is 684 g/mol. The minimum absolute atomic E-state index is 0.00138. The van der Waals surface area contributed by atoms with Crippen LogP contribution in [0, 0.1) is 11.3 Å². The molecule has 0 unspecified atom stereocenters. The van der Waals surface area contributed by atoms with Crippen LogP contribution >= 0.6 is 23.2 Å². The summed E-state index contributed by atoms with van der Waals surface area (Å²) in [5, 5.41) is 28.6. The molecule has 3 atom stereocenters. The third kappa shape index (κ3) is 7.00. The Morgan fingerprint density at radius 2 is 1.80 bits per heavy atom. The second-order valence-electron chi connectivity index (χ2n) is 10.2. The van der Waals surface area contributed by atoms with Gasteiger partial charge in [0.15, 0.2) is 0 Å². The zero-order valence-corrected chi connectivity index (χ0v) is 25.9. The predicted molar refractivity (Wildman–Crippen MR) is 164 cm³/mol. The monoisotopic (exact) mass is 682 g/mol. The number of carbonyl (C=O) groups excluding carboxylic acids is 2. The summed E-state index contributed by atoms with van der Waals surface area (Å²) in [7, 11) is -4.29. The maximum atomic E-state index is 13.7. The summed E-state index contributed by atoms with van der Waals surface area (Å²) < 4.78 is 29.8. The number of rotatable bonds is 10. The Morgan fingerprint density at radius 3 is 2.43 bits per heavy atom. The van der Waals surface area contributed by atoms with E-state index in [2.05, 4.69) is 25.7 Å². The van der Waals surface area contributed by atoms with Crippen LogP contribution in [-0.2, 0) is 26.0 Å². The number of carboxylic acids is 1. The molecule has 2 aromatic carbocycles. The summed E-state index contributed by atoms with van der Waals surface area (Å²) in [6, 6.07) is 10.3. The van der Waals surface area contributed by atoms with Crippen LogP contribution in [0.3, 0.4) is 0 Å².